The van der Waals surface area contributed by atoms with Crippen molar-refractivity contribution >= 4 is 107 Å². The number of phenols is 1. The zero-order valence-corrected chi connectivity index (χ0v) is 41.5. The number of benzene rings is 3. The van der Waals surface area contributed by atoms with Gasteiger partial charge in [-0.05, 0) is 142 Å². The molecular formula is C35H52Cl2F4I3NaO3Si2. The second kappa shape index (κ2) is 28.4. The van der Waals surface area contributed by atoms with Crippen LogP contribution in [-0.2, 0) is 0 Å². The van der Waals surface area contributed by atoms with E-state index in [0.29, 0.717) is 21.6 Å². The third-order valence-corrected chi connectivity index (χ3v) is 22.7. The largest absolute Gasteiger partial charge is 1.00 e. The molecule has 0 radical (unpaired) electrons. The van der Waals surface area contributed by atoms with Gasteiger partial charge in [-0.15, -0.1) is 23.2 Å². The number of hydrogen-bond acceptors (Lipinski definition) is 3. The Morgan fingerprint density at radius 1 is 0.680 bits per heavy atom. The van der Waals surface area contributed by atoms with E-state index in [-0.39, 0.29) is 61.6 Å². The number of ether oxygens (including phenoxy) is 2. The summed E-state index contributed by atoms with van der Waals surface area (Å²) in [6.45, 7) is 14.1. The second-order valence-corrected chi connectivity index (χ2v) is 26.4. The summed E-state index contributed by atoms with van der Waals surface area (Å²) in [6, 6.07) is 13.0. The van der Waals surface area contributed by atoms with Crippen LogP contribution in [0.25, 0.3) is 0 Å². The van der Waals surface area contributed by atoms with Gasteiger partial charge in [0.1, 0.15) is 42.8 Å². The van der Waals surface area contributed by atoms with Gasteiger partial charge in [0.15, 0.2) is 0 Å². The summed E-state index contributed by atoms with van der Waals surface area (Å²) in [5.41, 5.74) is 3.83. The van der Waals surface area contributed by atoms with Crippen LogP contribution in [0.5, 0.6) is 17.2 Å². The maximum Gasteiger partial charge on any atom is 1.00 e. The Labute approximate surface area is 376 Å². The quantitative estimate of drug-likeness (QED) is 0.0850. The standard InChI is InChI=1S/C20H24F2I2O2Si.C7H6FIO.C6H14Cl2Si.CH3F.CH4.Na.H/c1-5-27(6-2,11-25-19-13(3)7-15(21)9-17(19)23)12-26-20-14(4)8-16(22)10-18(20)24;1-4-2-5(8)3-6(9)7(4)10;1-3-9(4-2,5-7)6-8;1-2;;;/h7-10H,5-6,11-12H2,1-4H3;2-3,10H,1H3;3-6H2,1-2H3;1H3;1H4;;/q;;;;;+1;-1/i;;;1D;;;. The van der Waals surface area contributed by atoms with Gasteiger partial charge in [0.05, 0.1) is 39.8 Å². The summed E-state index contributed by atoms with van der Waals surface area (Å²) in [4.78, 5) is 0. The first-order valence-electron chi connectivity index (χ1n) is 16.0. The Bertz CT molecular complexity index is 1300. The Kier molecular flexibility index (Phi) is 30.2. The first kappa shape index (κ1) is 53.1. The van der Waals surface area contributed by atoms with E-state index in [9.17, 15) is 17.6 Å². The molecule has 50 heavy (non-hydrogen) atoms. The molecular weight excluding hydrogens is 1080 g/mol. The molecule has 0 unspecified atom stereocenters. The average Bonchev–Trinajstić information content (AvgIpc) is 3.04. The molecule has 0 aliphatic heterocycles. The van der Waals surface area contributed by atoms with Crippen molar-refractivity contribution in [3.63, 3.8) is 0 Å². The van der Waals surface area contributed by atoms with Gasteiger partial charge in [-0.2, -0.15) is 0 Å². The molecule has 0 aliphatic carbocycles. The molecule has 0 amide bonds. The second-order valence-electron chi connectivity index (χ2n) is 11.4. The minimum absolute atomic E-state index is 0. The van der Waals surface area contributed by atoms with E-state index < -0.39 is 23.3 Å². The summed E-state index contributed by atoms with van der Waals surface area (Å²) in [5.74, 6) is 0.875. The Hall–Kier alpha value is 0.984. The number of halogens is 9. The van der Waals surface area contributed by atoms with Crippen molar-refractivity contribution < 1.29 is 64.5 Å². The molecule has 0 atom stereocenters. The molecule has 0 aromatic heterocycles. The zero-order valence-electron chi connectivity index (χ0n) is 31.5. The third-order valence-electron chi connectivity index (χ3n) is 8.22. The van der Waals surface area contributed by atoms with Crippen LogP contribution in [0.3, 0.4) is 0 Å². The fourth-order valence-corrected chi connectivity index (χ4v) is 13.5. The van der Waals surface area contributed by atoms with Gasteiger partial charge >= 0.3 is 29.6 Å². The van der Waals surface area contributed by atoms with Gasteiger partial charge in [-0.1, -0.05) is 59.3 Å². The van der Waals surface area contributed by atoms with E-state index in [1.165, 1.54) is 48.5 Å². The smallest absolute Gasteiger partial charge is 1.00 e. The first-order chi connectivity index (χ1) is 23.0. The van der Waals surface area contributed by atoms with Gasteiger partial charge in [-0.25, -0.2) is 13.2 Å². The molecule has 3 rings (SSSR count). The number of aromatic hydroxyl groups is 1. The molecule has 0 bridgehead atoms. The van der Waals surface area contributed by atoms with Crippen molar-refractivity contribution in [2.24, 2.45) is 0 Å². The fourth-order valence-electron chi connectivity index (χ4n) is 4.25. The molecule has 282 valence electrons. The van der Waals surface area contributed by atoms with Crippen LogP contribution in [0.1, 0.15) is 54.6 Å². The molecule has 15 heteroatoms. The van der Waals surface area contributed by atoms with Crippen LogP contribution < -0.4 is 39.0 Å². The molecule has 0 heterocycles. The summed E-state index contributed by atoms with van der Waals surface area (Å²) >= 11 is 17.7. The van der Waals surface area contributed by atoms with Crippen molar-refractivity contribution in [3.05, 3.63) is 81.3 Å². The molecule has 3 aromatic rings. The Balaban J connectivity index is -0.000000380. The topological polar surface area (TPSA) is 38.7 Å². The van der Waals surface area contributed by atoms with Gasteiger partial charge in [0.25, 0.3) is 0 Å². The van der Waals surface area contributed by atoms with E-state index in [1.807, 2.05) is 36.4 Å². The van der Waals surface area contributed by atoms with Gasteiger partial charge in [0.2, 0.25) is 0 Å². The normalized spacial score (nSPS) is 10.8. The number of alkyl halides is 3. The van der Waals surface area contributed by atoms with Crippen molar-refractivity contribution in [3.8, 4) is 17.2 Å². The molecule has 0 aliphatic rings. The Morgan fingerprint density at radius 3 is 1.22 bits per heavy atom. The fraction of sp³-hybridized carbons (Fsp3) is 0.486. The number of aryl methyl sites for hydroxylation is 3. The monoisotopic (exact) mass is 1130 g/mol. The van der Waals surface area contributed by atoms with E-state index in [0.717, 1.165) is 52.9 Å². The van der Waals surface area contributed by atoms with Crippen LogP contribution in [0.15, 0.2) is 36.4 Å². The molecule has 0 spiro atoms. The summed E-state index contributed by atoms with van der Waals surface area (Å²) in [6.07, 6.45) is 1.22. The summed E-state index contributed by atoms with van der Waals surface area (Å²) < 4.78 is 69.5. The number of hydrogen-bond donors (Lipinski definition) is 1. The van der Waals surface area contributed by atoms with E-state index in [1.54, 1.807) is 6.92 Å². The van der Waals surface area contributed by atoms with Crippen LogP contribution in [0.2, 0.25) is 24.2 Å². The molecule has 0 saturated heterocycles. The Morgan fingerprint density at radius 2 is 0.980 bits per heavy atom. The predicted molar refractivity (Wildman–Crippen MR) is 234 cm³/mol. The SMILES string of the molecule is C.CC[Si](CC)(CCl)CCl.CC[Si](CC)(COc1c(C)cc(F)cc1I)COc1c(C)cc(F)cc1I.Cc1cc(F)cc(I)c1O.[2H]CF.[H-].[Na+]. The van der Waals surface area contributed by atoms with Crippen LogP contribution in [-0.4, -0.2) is 51.9 Å². The molecule has 3 aromatic carbocycles. The van der Waals surface area contributed by atoms with Gasteiger partial charge in [0, 0.05) is 11.0 Å². The van der Waals surface area contributed by atoms with E-state index in [2.05, 4.69) is 72.9 Å². The minimum atomic E-state index is -1.87. The first-order valence-corrected chi connectivity index (χ1v) is 25.2. The molecule has 0 fully saturated rings. The maximum atomic E-state index is 13.5. The number of phenolic OH excluding ortho intramolecular Hbond substituents is 1. The number of rotatable bonds is 12. The van der Waals surface area contributed by atoms with Crippen molar-refractivity contribution in [1.29, 1.82) is 0 Å². The van der Waals surface area contributed by atoms with Crippen LogP contribution >= 0.6 is 91.0 Å². The predicted octanol–water partition coefficient (Wildman–Crippen LogP) is 10.6. The summed E-state index contributed by atoms with van der Waals surface area (Å²) in [7, 11) is -4.03. The maximum absolute atomic E-state index is 13.5. The third kappa shape index (κ3) is 18.1. The van der Waals surface area contributed by atoms with E-state index >= 15 is 0 Å². The van der Waals surface area contributed by atoms with Crippen LogP contribution in [0, 0.1) is 48.9 Å². The average molecular weight is 1130 g/mol. The van der Waals surface area contributed by atoms with Crippen molar-refractivity contribution in [1.82, 2.24) is 0 Å². The van der Waals surface area contributed by atoms with Crippen molar-refractivity contribution in [2.45, 2.75) is 80.1 Å². The van der Waals surface area contributed by atoms with Gasteiger partial charge < -0.3 is 16.0 Å². The van der Waals surface area contributed by atoms with Crippen molar-refractivity contribution in [2.75, 3.05) is 30.6 Å². The van der Waals surface area contributed by atoms with E-state index in [4.69, 9.17) is 39.2 Å². The van der Waals surface area contributed by atoms with Gasteiger partial charge in [-0.3, -0.25) is 4.39 Å². The minimum Gasteiger partial charge on any atom is -1.00 e. The molecule has 1 N–H and O–H groups in total. The van der Waals surface area contributed by atoms with Crippen LogP contribution in [0.4, 0.5) is 17.6 Å². The zero-order chi connectivity index (χ0) is 37.9. The molecule has 0 saturated carbocycles. The summed E-state index contributed by atoms with van der Waals surface area (Å²) in [5, 5.41) is 9.16. The molecule has 3 nitrogen and oxygen atoms in total.